The predicted molar refractivity (Wildman–Crippen MR) is 134 cm³/mol. The topological polar surface area (TPSA) is 97.2 Å². The van der Waals surface area contributed by atoms with Crippen molar-refractivity contribution >= 4 is 43.6 Å². The second-order valence-corrected chi connectivity index (χ2v) is 10.1. The summed E-state index contributed by atoms with van der Waals surface area (Å²) in [7, 11) is -1.69. The molecule has 34 heavy (non-hydrogen) atoms. The van der Waals surface area contributed by atoms with Gasteiger partial charge in [-0.1, -0.05) is 32.0 Å². The van der Waals surface area contributed by atoms with E-state index in [1.54, 1.807) is 18.2 Å². The van der Waals surface area contributed by atoms with Gasteiger partial charge >= 0.3 is 0 Å². The Morgan fingerprint density at radius 1 is 1.06 bits per heavy atom. The number of fused-ring (bicyclic) bond motifs is 2. The number of aryl methyl sites for hydroxylation is 3. The fourth-order valence-electron chi connectivity index (χ4n) is 4.11. The number of hydrogen-bond acceptors (Lipinski definition) is 5. The average molecular weight is 480 g/mol. The number of carbonyl (C=O) groups excluding carboxylic acids is 1. The summed E-state index contributed by atoms with van der Waals surface area (Å²) in [4.78, 5) is 22.1. The van der Waals surface area contributed by atoms with E-state index in [0.29, 0.717) is 30.7 Å². The molecule has 0 aliphatic carbocycles. The highest BCUT2D eigenvalue weighted by Crippen LogP contribution is 2.24. The number of nitrogens with one attached hydrogen (secondary N) is 1. The van der Waals surface area contributed by atoms with Crippen molar-refractivity contribution in [1.82, 2.24) is 18.8 Å². The van der Waals surface area contributed by atoms with Crippen LogP contribution in [0.3, 0.4) is 0 Å². The molecule has 2 heterocycles. The molecule has 0 aliphatic heterocycles. The number of hydrogen-bond donors (Lipinski definition) is 1. The summed E-state index contributed by atoms with van der Waals surface area (Å²) >= 11 is 0. The quantitative estimate of drug-likeness (QED) is 0.412. The van der Waals surface area contributed by atoms with Gasteiger partial charge in [0.1, 0.15) is 5.82 Å². The summed E-state index contributed by atoms with van der Waals surface area (Å²) < 4.78 is 29.1. The Morgan fingerprint density at radius 2 is 1.82 bits per heavy atom. The predicted octanol–water partition coefficient (Wildman–Crippen LogP) is 4.03. The van der Waals surface area contributed by atoms with E-state index in [-0.39, 0.29) is 17.2 Å². The SMILES string of the molecule is CCN(CC)S(=O)(=O)c1ccc2c(c1)nc(CCC(=O)Nc1cccc3ccc(C)nc13)n2C. The highest BCUT2D eigenvalue weighted by molar-refractivity contribution is 7.89. The molecule has 0 saturated heterocycles. The number of benzene rings is 2. The molecule has 0 fully saturated rings. The van der Waals surface area contributed by atoms with Gasteiger partial charge < -0.3 is 9.88 Å². The molecule has 0 spiro atoms. The van der Waals surface area contributed by atoms with Crippen molar-refractivity contribution in [3.05, 3.63) is 60.0 Å². The molecular weight excluding hydrogens is 450 g/mol. The number of pyridine rings is 1. The third-order valence-corrected chi connectivity index (χ3v) is 8.04. The van der Waals surface area contributed by atoms with E-state index in [1.807, 2.05) is 62.7 Å². The van der Waals surface area contributed by atoms with Crippen LogP contribution in [0.5, 0.6) is 0 Å². The lowest BCUT2D eigenvalue weighted by atomic mass is 10.1. The van der Waals surface area contributed by atoms with Gasteiger partial charge in [0.25, 0.3) is 0 Å². The molecule has 4 aromatic rings. The number of rotatable bonds is 8. The molecule has 0 bridgehead atoms. The standard InChI is InChI=1S/C25H29N5O3S/c1-5-30(6-2)34(32,33)19-12-13-22-21(16-19)27-23(29(22)4)14-15-24(31)28-20-9-7-8-18-11-10-17(3)26-25(18)20/h7-13,16H,5-6,14-15H2,1-4H3,(H,28,31). The van der Waals surface area contributed by atoms with Gasteiger partial charge in [0, 0.05) is 44.1 Å². The number of nitrogens with zero attached hydrogens (tertiary/aromatic N) is 4. The Bertz CT molecular complexity index is 1470. The maximum atomic E-state index is 12.9. The lowest BCUT2D eigenvalue weighted by Gasteiger charge is -2.18. The summed E-state index contributed by atoms with van der Waals surface area (Å²) in [6.07, 6.45) is 0.663. The largest absolute Gasteiger partial charge is 0.331 e. The van der Waals surface area contributed by atoms with E-state index in [4.69, 9.17) is 0 Å². The monoisotopic (exact) mass is 479 g/mol. The molecule has 0 aliphatic rings. The molecule has 1 amide bonds. The number of amides is 1. The molecular formula is C25H29N5O3S. The van der Waals surface area contributed by atoms with E-state index in [1.165, 1.54) is 4.31 Å². The van der Waals surface area contributed by atoms with Crippen molar-refractivity contribution < 1.29 is 13.2 Å². The van der Waals surface area contributed by atoms with E-state index >= 15 is 0 Å². The molecule has 178 valence electrons. The number of para-hydroxylation sites is 1. The number of anilines is 1. The number of carbonyl (C=O) groups is 1. The molecule has 0 saturated carbocycles. The molecule has 0 atom stereocenters. The van der Waals surface area contributed by atoms with Gasteiger partial charge in [-0.25, -0.2) is 13.4 Å². The zero-order chi connectivity index (χ0) is 24.5. The highest BCUT2D eigenvalue weighted by atomic mass is 32.2. The maximum absolute atomic E-state index is 12.9. The molecule has 1 N–H and O–H groups in total. The first-order chi connectivity index (χ1) is 16.2. The number of aromatic nitrogens is 3. The minimum Gasteiger partial charge on any atom is -0.331 e. The van der Waals surface area contributed by atoms with Gasteiger partial charge in [0.2, 0.25) is 15.9 Å². The van der Waals surface area contributed by atoms with E-state index in [9.17, 15) is 13.2 Å². The Kier molecular flexibility index (Phi) is 6.67. The molecule has 0 unspecified atom stereocenters. The number of imidazole rings is 1. The molecule has 0 radical (unpaired) electrons. The smallest absolute Gasteiger partial charge is 0.243 e. The fraction of sp³-hybridized carbons (Fsp3) is 0.320. The van der Waals surface area contributed by atoms with Crippen LogP contribution in [0.2, 0.25) is 0 Å². The second kappa shape index (κ2) is 9.52. The van der Waals surface area contributed by atoms with Crippen LogP contribution in [0.25, 0.3) is 21.9 Å². The lowest BCUT2D eigenvalue weighted by molar-refractivity contribution is -0.116. The maximum Gasteiger partial charge on any atom is 0.243 e. The Labute approximate surface area is 199 Å². The zero-order valence-electron chi connectivity index (χ0n) is 19.9. The minimum absolute atomic E-state index is 0.132. The van der Waals surface area contributed by atoms with E-state index < -0.39 is 10.0 Å². The molecule has 2 aromatic heterocycles. The van der Waals surface area contributed by atoms with Crippen LogP contribution >= 0.6 is 0 Å². The molecule has 4 rings (SSSR count). The Balaban J connectivity index is 1.52. The first kappa shape index (κ1) is 23.8. The van der Waals surface area contributed by atoms with Crippen molar-refractivity contribution in [3.8, 4) is 0 Å². The Hall–Kier alpha value is -3.30. The number of sulfonamides is 1. The van der Waals surface area contributed by atoms with Crippen molar-refractivity contribution in [2.45, 2.75) is 38.5 Å². The average Bonchev–Trinajstić information content (AvgIpc) is 3.13. The highest BCUT2D eigenvalue weighted by Gasteiger charge is 2.23. The Morgan fingerprint density at radius 3 is 2.56 bits per heavy atom. The summed E-state index contributed by atoms with van der Waals surface area (Å²) in [5, 5.41) is 3.93. The van der Waals surface area contributed by atoms with Crippen LogP contribution in [0.4, 0.5) is 5.69 Å². The van der Waals surface area contributed by atoms with Crippen LogP contribution in [0, 0.1) is 6.92 Å². The first-order valence-corrected chi connectivity index (χ1v) is 12.8. The van der Waals surface area contributed by atoms with E-state index in [2.05, 4.69) is 15.3 Å². The summed E-state index contributed by atoms with van der Waals surface area (Å²) in [5.74, 6) is 0.585. The molecule has 9 heteroatoms. The van der Waals surface area contributed by atoms with Crippen molar-refractivity contribution in [2.75, 3.05) is 18.4 Å². The van der Waals surface area contributed by atoms with Crippen molar-refractivity contribution in [2.24, 2.45) is 7.05 Å². The lowest BCUT2D eigenvalue weighted by Crippen LogP contribution is -2.30. The van der Waals surface area contributed by atoms with Gasteiger partial charge in [-0.15, -0.1) is 0 Å². The van der Waals surface area contributed by atoms with Gasteiger partial charge in [0.15, 0.2) is 0 Å². The van der Waals surface area contributed by atoms with Gasteiger partial charge in [-0.3, -0.25) is 9.78 Å². The summed E-state index contributed by atoms with van der Waals surface area (Å²) in [6, 6.07) is 14.6. The van der Waals surface area contributed by atoms with E-state index in [0.717, 1.165) is 27.9 Å². The normalized spacial score (nSPS) is 12.0. The van der Waals surface area contributed by atoms with Gasteiger partial charge in [0.05, 0.1) is 27.1 Å². The van der Waals surface area contributed by atoms with Crippen LogP contribution < -0.4 is 5.32 Å². The fourth-order valence-corrected chi connectivity index (χ4v) is 5.59. The van der Waals surface area contributed by atoms with Crippen molar-refractivity contribution in [3.63, 3.8) is 0 Å². The van der Waals surface area contributed by atoms with Crippen LogP contribution in [-0.2, 0) is 28.3 Å². The first-order valence-electron chi connectivity index (χ1n) is 11.4. The molecule has 8 nitrogen and oxygen atoms in total. The zero-order valence-corrected chi connectivity index (χ0v) is 20.7. The van der Waals surface area contributed by atoms with Crippen LogP contribution in [-0.4, -0.2) is 46.3 Å². The second-order valence-electron chi connectivity index (χ2n) is 8.20. The van der Waals surface area contributed by atoms with Crippen molar-refractivity contribution in [1.29, 1.82) is 0 Å². The van der Waals surface area contributed by atoms with Crippen LogP contribution in [0.1, 0.15) is 31.8 Å². The van der Waals surface area contributed by atoms with Crippen LogP contribution in [0.15, 0.2) is 53.4 Å². The van der Waals surface area contributed by atoms with Gasteiger partial charge in [-0.2, -0.15) is 4.31 Å². The summed E-state index contributed by atoms with van der Waals surface area (Å²) in [6.45, 7) is 6.37. The summed E-state index contributed by atoms with van der Waals surface area (Å²) in [5.41, 5.74) is 3.75. The third-order valence-electron chi connectivity index (χ3n) is 6.00. The third kappa shape index (κ3) is 4.53. The minimum atomic E-state index is -3.56. The van der Waals surface area contributed by atoms with Gasteiger partial charge in [-0.05, 0) is 37.3 Å². The molecule has 2 aromatic carbocycles.